The number of anilines is 1. The molecule has 3 rings (SSSR count). The first kappa shape index (κ1) is 13.8. The predicted octanol–water partition coefficient (Wildman–Crippen LogP) is 1.41. The highest BCUT2D eigenvalue weighted by Gasteiger charge is 2.24. The Kier molecular flexibility index (Phi) is 3.75. The van der Waals surface area contributed by atoms with Gasteiger partial charge >= 0.3 is 0 Å². The molecule has 5 nitrogen and oxygen atoms in total. The van der Waals surface area contributed by atoms with Crippen LogP contribution in [0.2, 0.25) is 0 Å². The molecule has 1 fully saturated rings. The topological polar surface area (TPSA) is 71.2 Å². The van der Waals surface area contributed by atoms with Crippen LogP contribution in [0.1, 0.15) is 18.9 Å². The van der Waals surface area contributed by atoms with Gasteiger partial charge in [0.15, 0.2) is 0 Å². The molecule has 1 unspecified atom stereocenters. The number of para-hydroxylation sites is 1. The van der Waals surface area contributed by atoms with Gasteiger partial charge in [-0.3, -0.25) is 4.79 Å². The van der Waals surface area contributed by atoms with Gasteiger partial charge < -0.3 is 16.0 Å². The molecule has 0 aliphatic carbocycles. The molecule has 1 aromatic carbocycles. The smallest absolute Gasteiger partial charge is 0.217 e. The number of fused-ring (bicyclic) bond motifs is 1. The van der Waals surface area contributed by atoms with E-state index in [1.807, 2.05) is 18.2 Å². The van der Waals surface area contributed by atoms with E-state index in [0.29, 0.717) is 6.54 Å². The van der Waals surface area contributed by atoms with E-state index in [1.165, 1.54) is 0 Å². The quantitative estimate of drug-likeness (QED) is 0.894. The number of nitrogens with two attached hydrogens (primary N) is 1. The fourth-order valence-electron chi connectivity index (χ4n) is 2.94. The summed E-state index contributed by atoms with van der Waals surface area (Å²) in [4.78, 5) is 18.1. The van der Waals surface area contributed by atoms with E-state index in [-0.39, 0.29) is 11.9 Å². The molecule has 0 spiro atoms. The van der Waals surface area contributed by atoms with Crippen LogP contribution in [-0.4, -0.2) is 30.0 Å². The fraction of sp³-hybridized carbons (Fsp3) is 0.375. The zero-order valence-corrected chi connectivity index (χ0v) is 12.2. The lowest BCUT2D eigenvalue weighted by Crippen LogP contribution is -2.35. The van der Waals surface area contributed by atoms with Crippen LogP contribution >= 0.6 is 0 Å². The zero-order valence-electron chi connectivity index (χ0n) is 12.2. The van der Waals surface area contributed by atoms with Crippen molar-refractivity contribution >= 4 is 22.6 Å². The SMILES string of the molecule is CC(=O)NC1CCN(c2cc(CN)c3ccccc3n2)C1. The minimum Gasteiger partial charge on any atom is -0.354 e. The molecule has 2 heterocycles. The maximum Gasteiger partial charge on any atom is 0.217 e. The Morgan fingerprint density at radius 2 is 2.29 bits per heavy atom. The first-order valence-electron chi connectivity index (χ1n) is 7.28. The minimum atomic E-state index is 0.0240. The largest absolute Gasteiger partial charge is 0.354 e. The molecule has 1 saturated heterocycles. The van der Waals surface area contributed by atoms with Crippen molar-refractivity contribution in [2.75, 3.05) is 18.0 Å². The van der Waals surface area contributed by atoms with Crippen LogP contribution < -0.4 is 16.0 Å². The molecular weight excluding hydrogens is 264 g/mol. The second-order valence-corrected chi connectivity index (χ2v) is 5.49. The third-order valence-corrected chi connectivity index (χ3v) is 3.93. The van der Waals surface area contributed by atoms with Gasteiger partial charge in [0, 0.05) is 38.0 Å². The van der Waals surface area contributed by atoms with Crippen molar-refractivity contribution in [3.05, 3.63) is 35.9 Å². The highest BCUT2D eigenvalue weighted by molar-refractivity contribution is 5.84. The molecule has 3 N–H and O–H groups in total. The van der Waals surface area contributed by atoms with Gasteiger partial charge in [-0.25, -0.2) is 4.98 Å². The monoisotopic (exact) mass is 284 g/mol. The van der Waals surface area contributed by atoms with Gasteiger partial charge in [-0.15, -0.1) is 0 Å². The Morgan fingerprint density at radius 3 is 3.05 bits per heavy atom. The van der Waals surface area contributed by atoms with Crippen LogP contribution in [0.4, 0.5) is 5.82 Å². The summed E-state index contributed by atoms with van der Waals surface area (Å²) in [5.41, 5.74) is 7.95. The summed E-state index contributed by atoms with van der Waals surface area (Å²) < 4.78 is 0. The number of hydrogen-bond acceptors (Lipinski definition) is 4. The van der Waals surface area contributed by atoms with Crippen LogP contribution in [0.15, 0.2) is 30.3 Å². The van der Waals surface area contributed by atoms with E-state index in [4.69, 9.17) is 10.7 Å². The average molecular weight is 284 g/mol. The summed E-state index contributed by atoms with van der Waals surface area (Å²) in [6, 6.07) is 10.3. The van der Waals surface area contributed by atoms with Crippen molar-refractivity contribution in [1.82, 2.24) is 10.3 Å². The number of nitrogens with one attached hydrogen (secondary N) is 1. The van der Waals surface area contributed by atoms with Crippen molar-refractivity contribution in [2.24, 2.45) is 5.73 Å². The Morgan fingerprint density at radius 1 is 1.48 bits per heavy atom. The number of rotatable bonds is 3. The number of amides is 1. The first-order chi connectivity index (χ1) is 10.2. The van der Waals surface area contributed by atoms with E-state index < -0.39 is 0 Å². The molecule has 110 valence electrons. The summed E-state index contributed by atoms with van der Waals surface area (Å²) in [6.45, 7) is 3.76. The fourth-order valence-corrected chi connectivity index (χ4v) is 2.94. The number of carbonyl (C=O) groups excluding carboxylic acids is 1. The maximum atomic E-state index is 11.2. The van der Waals surface area contributed by atoms with Crippen molar-refractivity contribution in [3.63, 3.8) is 0 Å². The Hall–Kier alpha value is -2.14. The average Bonchev–Trinajstić information content (AvgIpc) is 2.93. The van der Waals surface area contributed by atoms with Gasteiger partial charge in [-0.05, 0) is 24.1 Å². The van der Waals surface area contributed by atoms with Gasteiger partial charge in [0.1, 0.15) is 5.82 Å². The van der Waals surface area contributed by atoms with Crippen molar-refractivity contribution < 1.29 is 4.79 Å². The number of carbonyl (C=O) groups is 1. The summed E-state index contributed by atoms with van der Waals surface area (Å²) in [5, 5.41) is 4.09. The van der Waals surface area contributed by atoms with Gasteiger partial charge in [0.05, 0.1) is 5.52 Å². The molecule has 21 heavy (non-hydrogen) atoms. The van der Waals surface area contributed by atoms with Crippen molar-refractivity contribution in [3.8, 4) is 0 Å². The van der Waals surface area contributed by atoms with Crippen LogP contribution in [0.5, 0.6) is 0 Å². The zero-order chi connectivity index (χ0) is 14.8. The van der Waals surface area contributed by atoms with Crippen LogP contribution in [0, 0.1) is 0 Å². The van der Waals surface area contributed by atoms with Crippen LogP contribution in [0.3, 0.4) is 0 Å². The number of benzene rings is 1. The maximum absolute atomic E-state index is 11.2. The van der Waals surface area contributed by atoms with Crippen molar-refractivity contribution in [2.45, 2.75) is 25.9 Å². The molecular formula is C16H20N4O. The van der Waals surface area contributed by atoms with E-state index in [2.05, 4.69) is 22.3 Å². The van der Waals surface area contributed by atoms with Gasteiger partial charge in [-0.2, -0.15) is 0 Å². The number of nitrogens with zero attached hydrogens (tertiary/aromatic N) is 2. The minimum absolute atomic E-state index is 0.0240. The van der Waals surface area contributed by atoms with Crippen molar-refractivity contribution in [1.29, 1.82) is 0 Å². The van der Waals surface area contributed by atoms with E-state index >= 15 is 0 Å². The lowest BCUT2D eigenvalue weighted by Gasteiger charge is -2.19. The molecule has 1 atom stereocenters. The molecule has 0 radical (unpaired) electrons. The predicted molar refractivity (Wildman–Crippen MR) is 84.1 cm³/mol. The molecule has 5 heteroatoms. The second-order valence-electron chi connectivity index (χ2n) is 5.49. The molecule has 1 aliphatic rings. The van der Waals surface area contributed by atoms with Crippen LogP contribution in [-0.2, 0) is 11.3 Å². The molecule has 1 amide bonds. The summed E-state index contributed by atoms with van der Waals surface area (Å²) in [7, 11) is 0. The molecule has 2 aromatic rings. The number of aromatic nitrogens is 1. The first-order valence-corrected chi connectivity index (χ1v) is 7.28. The Labute approximate surface area is 124 Å². The Balaban J connectivity index is 1.89. The van der Waals surface area contributed by atoms with Crippen LogP contribution in [0.25, 0.3) is 10.9 Å². The summed E-state index contributed by atoms with van der Waals surface area (Å²) >= 11 is 0. The normalized spacial score (nSPS) is 18.2. The Bertz CT molecular complexity index is 670. The van der Waals surface area contributed by atoms with E-state index in [0.717, 1.165) is 41.8 Å². The van der Waals surface area contributed by atoms with Gasteiger partial charge in [0.2, 0.25) is 5.91 Å². The number of hydrogen-bond donors (Lipinski definition) is 2. The molecule has 0 bridgehead atoms. The molecule has 1 aliphatic heterocycles. The highest BCUT2D eigenvalue weighted by Crippen LogP contribution is 2.25. The van der Waals surface area contributed by atoms with E-state index in [9.17, 15) is 4.79 Å². The standard InChI is InChI=1S/C16H20N4O/c1-11(21)18-13-6-7-20(10-13)16-8-12(9-17)14-4-2-3-5-15(14)19-16/h2-5,8,13H,6-7,9-10,17H2,1H3,(H,18,21). The van der Waals surface area contributed by atoms with E-state index in [1.54, 1.807) is 6.92 Å². The second kappa shape index (κ2) is 5.69. The summed E-state index contributed by atoms with van der Waals surface area (Å²) in [5.74, 6) is 0.970. The molecule has 0 saturated carbocycles. The lowest BCUT2D eigenvalue weighted by molar-refractivity contribution is -0.119. The highest BCUT2D eigenvalue weighted by atomic mass is 16.1. The third-order valence-electron chi connectivity index (χ3n) is 3.93. The summed E-state index contributed by atoms with van der Waals surface area (Å²) in [6.07, 6.45) is 0.950. The molecule has 1 aromatic heterocycles. The van der Waals surface area contributed by atoms with Gasteiger partial charge in [0.25, 0.3) is 0 Å². The lowest BCUT2D eigenvalue weighted by atomic mass is 10.1. The number of pyridine rings is 1. The van der Waals surface area contributed by atoms with Gasteiger partial charge in [-0.1, -0.05) is 18.2 Å². The third kappa shape index (κ3) is 2.83.